The maximum Gasteiger partial charge on any atom is 0.410 e. The fourth-order valence-electron chi connectivity index (χ4n) is 2.85. The molecule has 1 fully saturated rings. The maximum atomic E-state index is 12.4. The molecule has 1 aliphatic rings. The van der Waals surface area contributed by atoms with E-state index in [1.165, 1.54) is 0 Å². The van der Waals surface area contributed by atoms with Gasteiger partial charge in [-0.15, -0.1) is 0 Å². The first-order valence-electron chi connectivity index (χ1n) is 8.71. The zero-order valence-electron chi connectivity index (χ0n) is 15.3. The van der Waals surface area contributed by atoms with Crippen molar-refractivity contribution in [1.29, 1.82) is 0 Å². The Morgan fingerprint density at radius 3 is 2.74 bits per heavy atom. The van der Waals surface area contributed by atoms with Crippen LogP contribution in [-0.2, 0) is 9.47 Å². The molecule has 1 aliphatic heterocycles. The summed E-state index contributed by atoms with van der Waals surface area (Å²) < 4.78 is 11.1. The van der Waals surface area contributed by atoms with E-state index in [0.717, 1.165) is 19.3 Å². The molecule has 136 valence electrons. The van der Waals surface area contributed by atoms with E-state index in [9.17, 15) is 4.79 Å². The second kappa shape index (κ2) is 9.45. The van der Waals surface area contributed by atoms with E-state index in [1.807, 2.05) is 20.8 Å². The molecule has 1 amide bonds. The third-order valence-corrected chi connectivity index (χ3v) is 3.97. The van der Waals surface area contributed by atoms with Gasteiger partial charge in [0.05, 0.1) is 19.3 Å². The normalized spacial score (nSPS) is 21.8. The van der Waals surface area contributed by atoms with Gasteiger partial charge in [-0.2, -0.15) is 0 Å². The van der Waals surface area contributed by atoms with Crippen molar-refractivity contribution in [3.05, 3.63) is 0 Å². The summed E-state index contributed by atoms with van der Waals surface area (Å²) in [6.07, 6.45) is 2.27. The highest BCUT2D eigenvalue weighted by Gasteiger charge is 2.32. The zero-order chi connectivity index (χ0) is 17.5. The quantitative estimate of drug-likeness (QED) is 0.748. The molecular weight excluding hydrogens is 296 g/mol. The third-order valence-electron chi connectivity index (χ3n) is 3.97. The summed E-state index contributed by atoms with van der Waals surface area (Å²) in [5.74, 6) is 0. The largest absolute Gasteiger partial charge is 0.444 e. The molecule has 1 saturated heterocycles. The average Bonchev–Trinajstić information content (AvgIpc) is 2.45. The standard InChI is InChI=1S/C17H34N2O4/c1-6-14(7-9-20)18-13(2)11-15-12-22-10-8-19(15)16(21)23-17(3,4)5/h13-15,18,20H,6-12H2,1-5H3. The number of nitrogens with zero attached hydrogens (tertiary/aromatic N) is 1. The van der Waals surface area contributed by atoms with Gasteiger partial charge in [0.15, 0.2) is 0 Å². The lowest BCUT2D eigenvalue weighted by Crippen LogP contribution is -2.52. The van der Waals surface area contributed by atoms with Crippen molar-refractivity contribution >= 4 is 6.09 Å². The molecule has 1 heterocycles. The highest BCUT2D eigenvalue weighted by molar-refractivity contribution is 5.68. The van der Waals surface area contributed by atoms with Gasteiger partial charge in [-0.3, -0.25) is 0 Å². The fourth-order valence-corrected chi connectivity index (χ4v) is 2.85. The summed E-state index contributed by atoms with van der Waals surface area (Å²) in [7, 11) is 0. The Morgan fingerprint density at radius 2 is 2.17 bits per heavy atom. The molecule has 2 N–H and O–H groups in total. The third kappa shape index (κ3) is 7.50. The Balaban J connectivity index is 2.58. The highest BCUT2D eigenvalue weighted by Crippen LogP contribution is 2.18. The Hall–Kier alpha value is -0.850. The summed E-state index contributed by atoms with van der Waals surface area (Å²) in [6, 6.07) is 0.561. The molecule has 1 rings (SSSR count). The molecule has 3 unspecified atom stereocenters. The highest BCUT2D eigenvalue weighted by atomic mass is 16.6. The summed E-state index contributed by atoms with van der Waals surface area (Å²) in [5, 5.41) is 12.6. The van der Waals surface area contributed by atoms with Crippen molar-refractivity contribution in [1.82, 2.24) is 10.2 Å². The van der Waals surface area contributed by atoms with E-state index >= 15 is 0 Å². The Bertz CT molecular complexity index is 357. The van der Waals surface area contributed by atoms with Gasteiger partial charge in [0.25, 0.3) is 0 Å². The van der Waals surface area contributed by atoms with Crippen molar-refractivity contribution in [2.24, 2.45) is 0 Å². The number of aliphatic hydroxyl groups excluding tert-OH is 1. The molecule has 3 atom stereocenters. The summed E-state index contributed by atoms with van der Waals surface area (Å²) in [6.45, 7) is 11.7. The first-order chi connectivity index (χ1) is 10.8. The van der Waals surface area contributed by atoms with Gasteiger partial charge >= 0.3 is 6.09 Å². The Labute approximate surface area is 140 Å². The van der Waals surface area contributed by atoms with Gasteiger partial charge in [0, 0.05) is 25.2 Å². The van der Waals surface area contributed by atoms with Crippen LogP contribution in [0.4, 0.5) is 4.79 Å². The van der Waals surface area contributed by atoms with E-state index in [0.29, 0.717) is 25.8 Å². The molecule has 0 aliphatic carbocycles. The lowest BCUT2D eigenvalue weighted by Gasteiger charge is -2.38. The number of hydrogen-bond acceptors (Lipinski definition) is 5. The van der Waals surface area contributed by atoms with Crippen LogP contribution in [0.25, 0.3) is 0 Å². The number of morpholine rings is 1. The van der Waals surface area contributed by atoms with E-state index in [1.54, 1.807) is 4.90 Å². The molecule has 0 aromatic rings. The lowest BCUT2D eigenvalue weighted by atomic mass is 10.0. The minimum Gasteiger partial charge on any atom is -0.444 e. The molecule has 0 saturated carbocycles. The second-order valence-corrected chi connectivity index (χ2v) is 7.32. The van der Waals surface area contributed by atoms with E-state index in [4.69, 9.17) is 14.6 Å². The predicted molar refractivity (Wildman–Crippen MR) is 90.5 cm³/mol. The van der Waals surface area contributed by atoms with Crippen molar-refractivity contribution in [3.63, 3.8) is 0 Å². The van der Waals surface area contributed by atoms with Gasteiger partial charge in [-0.05, 0) is 47.0 Å². The van der Waals surface area contributed by atoms with Crippen LogP contribution in [-0.4, -0.2) is 66.2 Å². The van der Waals surface area contributed by atoms with Crippen molar-refractivity contribution < 1.29 is 19.4 Å². The summed E-state index contributed by atoms with van der Waals surface area (Å²) >= 11 is 0. The number of amides is 1. The molecule has 0 bridgehead atoms. The molecule has 23 heavy (non-hydrogen) atoms. The van der Waals surface area contributed by atoms with Crippen molar-refractivity contribution in [2.45, 2.75) is 77.6 Å². The SMILES string of the molecule is CCC(CCO)NC(C)CC1COCCN1C(=O)OC(C)(C)C. The number of nitrogens with one attached hydrogen (secondary N) is 1. The summed E-state index contributed by atoms with van der Waals surface area (Å²) in [4.78, 5) is 14.2. The number of rotatable bonds is 7. The first-order valence-corrected chi connectivity index (χ1v) is 8.71. The molecule has 0 aromatic heterocycles. The molecular formula is C17H34N2O4. The number of hydrogen-bond donors (Lipinski definition) is 2. The smallest absolute Gasteiger partial charge is 0.410 e. The number of aliphatic hydroxyl groups is 1. The number of carbonyl (C=O) groups is 1. The van der Waals surface area contributed by atoms with Crippen LogP contribution in [0.3, 0.4) is 0 Å². The van der Waals surface area contributed by atoms with Gasteiger partial charge in [0.1, 0.15) is 5.60 Å². The van der Waals surface area contributed by atoms with Gasteiger partial charge in [-0.25, -0.2) is 4.79 Å². The molecule has 6 nitrogen and oxygen atoms in total. The van der Waals surface area contributed by atoms with Crippen LogP contribution in [0.2, 0.25) is 0 Å². The molecule has 0 radical (unpaired) electrons. The van der Waals surface area contributed by atoms with Crippen LogP contribution in [0, 0.1) is 0 Å². The van der Waals surface area contributed by atoms with Crippen molar-refractivity contribution in [3.8, 4) is 0 Å². The van der Waals surface area contributed by atoms with Crippen LogP contribution in [0.15, 0.2) is 0 Å². The lowest BCUT2D eigenvalue weighted by molar-refractivity contribution is -0.0358. The average molecular weight is 330 g/mol. The summed E-state index contributed by atoms with van der Waals surface area (Å²) in [5.41, 5.74) is -0.488. The van der Waals surface area contributed by atoms with E-state index in [2.05, 4.69) is 19.2 Å². The Kier molecular flexibility index (Phi) is 8.29. The van der Waals surface area contributed by atoms with Gasteiger partial charge in [-0.1, -0.05) is 6.92 Å². The monoisotopic (exact) mass is 330 g/mol. The van der Waals surface area contributed by atoms with Crippen LogP contribution in [0.5, 0.6) is 0 Å². The zero-order valence-corrected chi connectivity index (χ0v) is 15.3. The molecule has 6 heteroatoms. The minimum absolute atomic E-state index is 0.0210. The van der Waals surface area contributed by atoms with Crippen LogP contribution >= 0.6 is 0 Å². The van der Waals surface area contributed by atoms with E-state index < -0.39 is 5.60 Å². The fraction of sp³-hybridized carbons (Fsp3) is 0.941. The van der Waals surface area contributed by atoms with E-state index in [-0.39, 0.29) is 24.8 Å². The minimum atomic E-state index is -0.488. The Morgan fingerprint density at radius 1 is 1.48 bits per heavy atom. The van der Waals surface area contributed by atoms with Crippen molar-refractivity contribution in [2.75, 3.05) is 26.4 Å². The number of carbonyl (C=O) groups excluding carboxylic acids is 1. The number of ether oxygens (including phenoxy) is 2. The molecule has 0 aromatic carbocycles. The van der Waals surface area contributed by atoms with Crippen LogP contribution < -0.4 is 5.32 Å². The van der Waals surface area contributed by atoms with Gasteiger partial charge < -0.3 is 24.8 Å². The van der Waals surface area contributed by atoms with Gasteiger partial charge in [0.2, 0.25) is 0 Å². The maximum absolute atomic E-state index is 12.4. The topological polar surface area (TPSA) is 71.0 Å². The predicted octanol–water partition coefficient (Wildman–Crippen LogP) is 2.15. The molecule has 0 spiro atoms. The van der Waals surface area contributed by atoms with Crippen LogP contribution in [0.1, 0.15) is 53.9 Å². The first kappa shape index (κ1) is 20.2. The second-order valence-electron chi connectivity index (χ2n) is 7.32.